The average molecular weight is 711 g/mol. The highest BCUT2D eigenvalue weighted by Crippen LogP contribution is 2.34. The maximum absolute atomic E-state index is 4.62. The van der Waals surface area contributed by atoms with E-state index in [-0.39, 0.29) is 5.41 Å². The molecule has 0 saturated carbocycles. The molecular formula is C52H58N2. The number of rotatable bonds is 16. The third kappa shape index (κ3) is 11.4. The van der Waals surface area contributed by atoms with Crippen LogP contribution in [0.15, 0.2) is 170 Å². The molecule has 2 nitrogen and oxygen atoms in total. The van der Waals surface area contributed by atoms with Crippen molar-refractivity contribution in [2.45, 2.75) is 78.6 Å². The van der Waals surface area contributed by atoms with Crippen LogP contribution in [-0.4, -0.2) is 0 Å². The van der Waals surface area contributed by atoms with Gasteiger partial charge < -0.3 is 10.6 Å². The first-order valence-electron chi connectivity index (χ1n) is 19.6. The summed E-state index contributed by atoms with van der Waals surface area (Å²) in [6, 6.07) is 36.7. The van der Waals surface area contributed by atoms with Gasteiger partial charge in [-0.1, -0.05) is 175 Å². The Labute approximate surface area is 325 Å². The van der Waals surface area contributed by atoms with E-state index in [2.05, 4.69) is 210 Å². The quantitative estimate of drug-likeness (QED) is 0.0893. The van der Waals surface area contributed by atoms with E-state index >= 15 is 0 Å². The maximum Gasteiger partial charge on any atom is 0.0458 e. The molecule has 276 valence electrons. The van der Waals surface area contributed by atoms with Gasteiger partial charge in [0.15, 0.2) is 0 Å². The minimum Gasteiger partial charge on any atom is -0.367 e. The predicted molar refractivity (Wildman–Crippen MR) is 239 cm³/mol. The molecule has 0 spiro atoms. The molecule has 4 aromatic carbocycles. The van der Waals surface area contributed by atoms with Crippen LogP contribution in [0.3, 0.4) is 0 Å². The second-order valence-electron chi connectivity index (χ2n) is 15.0. The van der Waals surface area contributed by atoms with Crippen LogP contribution in [0.25, 0.3) is 28.4 Å². The fourth-order valence-electron chi connectivity index (χ4n) is 6.78. The summed E-state index contributed by atoms with van der Waals surface area (Å²) < 4.78 is 0. The van der Waals surface area contributed by atoms with Crippen molar-refractivity contribution < 1.29 is 0 Å². The van der Waals surface area contributed by atoms with Gasteiger partial charge in [-0.25, -0.2) is 0 Å². The molecule has 0 heterocycles. The third-order valence-electron chi connectivity index (χ3n) is 9.76. The normalized spacial score (nSPS) is 14.1. The van der Waals surface area contributed by atoms with E-state index in [0.717, 1.165) is 53.6 Å². The fourth-order valence-corrected chi connectivity index (χ4v) is 6.78. The first-order chi connectivity index (χ1) is 26.3. The van der Waals surface area contributed by atoms with Gasteiger partial charge in [-0.2, -0.15) is 0 Å². The van der Waals surface area contributed by atoms with E-state index in [1.807, 2.05) is 6.20 Å². The summed E-state index contributed by atoms with van der Waals surface area (Å²) in [5.74, 6) is 0. The highest BCUT2D eigenvalue weighted by molar-refractivity contribution is 5.85. The lowest BCUT2D eigenvalue weighted by Crippen LogP contribution is -2.14. The van der Waals surface area contributed by atoms with Gasteiger partial charge in [0.25, 0.3) is 0 Å². The van der Waals surface area contributed by atoms with Crippen LogP contribution in [0.4, 0.5) is 5.69 Å². The van der Waals surface area contributed by atoms with Crippen LogP contribution < -0.4 is 10.6 Å². The van der Waals surface area contributed by atoms with Crippen LogP contribution >= 0.6 is 0 Å². The van der Waals surface area contributed by atoms with Crippen LogP contribution in [-0.2, 0) is 5.41 Å². The van der Waals surface area contributed by atoms with E-state index in [1.165, 1.54) is 51.9 Å². The highest BCUT2D eigenvalue weighted by atomic mass is 14.9. The zero-order valence-electron chi connectivity index (χ0n) is 33.0. The second-order valence-corrected chi connectivity index (χ2v) is 15.0. The molecule has 0 bridgehead atoms. The third-order valence-corrected chi connectivity index (χ3v) is 9.76. The van der Waals surface area contributed by atoms with E-state index in [9.17, 15) is 0 Å². The first kappa shape index (κ1) is 39.6. The lowest BCUT2D eigenvalue weighted by molar-refractivity contribution is 0.588. The summed E-state index contributed by atoms with van der Waals surface area (Å²) in [7, 11) is 0. The second kappa shape index (κ2) is 20.0. The van der Waals surface area contributed by atoms with Crippen molar-refractivity contribution in [3.63, 3.8) is 0 Å². The molecule has 1 aliphatic carbocycles. The topological polar surface area (TPSA) is 24.1 Å². The Balaban J connectivity index is 1.46. The summed E-state index contributed by atoms with van der Waals surface area (Å²) >= 11 is 0. The minimum atomic E-state index is 0.0390. The van der Waals surface area contributed by atoms with Gasteiger partial charge in [-0.05, 0) is 112 Å². The van der Waals surface area contributed by atoms with E-state index in [0.29, 0.717) is 0 Å². The Bertz CT molecular complexity index is 2060. The largest absolute Gasteiger partial charge is 0.367 e. The van der Waals surface area contributed by atoms with Crippen molar-refractivity contribution in [2.24, 2.45) is 0 Å². The fraction of sp³-hybridized carbons (Fsp3) is 0.231. The van der Waals surface area contributed by atoms with Crippen LogP contribution in [0, 0.1) is 0 Å². The zero-order valence-corrected chi connectivity index (χ0v) is 33.0. The molecule has 0 atom stereocenters. The number of benzene rings is 4. The van der Waals surface area contributed by atoms with Crippen LogP contribution in [0.2, 0.25) is 0 Å². The number of unbranched alkanes of at least 4 members (excludes halogenated alkanes) is 2. The molecule has 2 heteroatoms. The van der Waals surface area contributed by atoms with E-state index in [4.69, 9.17) is 0 Å². The van der Waals surface area contributed by atoms with Crippen molar-refractivity contribution in [1.29, 1.82) is 0 Å². The standard InChI is InChI=1S/C52H58N2/c1-7-9-12-21-40(3)49-38-45(33-36-51(49)54-47-34-31-44(32-35-47)42-24-15-11-16-25-42)43(30-29-41-22-13-10-14-23-41)26-19-37-53-39-46(20-8-2)48-27-17-18-28-50(48)52(4,5)6/h8,10-11,13-20,22-31,33-34,36-39,53-54H,3,7,9,12,21,32,35H2,1-2,4-6H3/b20-8-,30-29-,37-19+,43-26+,46-39+. The van der Waals surface area contributed by atoms with Gasteiger partial charge in [0.2, 0.25) is 0 Å². The molecule has 0 unspecified atom stereocenters. The van der Waals surface area contributed by atoms with E-state index < -0.39 is 0 Å². The molecule has 4 aromatic rings. The number of allylic oxidation sites excluding steroid dienone is 12. The Morgan fingerprint density at radius 2 is 1.52 bits per heavy atom. The minimum absolute atomic E-state index is 0.0390. The van der Waals surface area contributed by atoms with Gasteiger partial charge in [0.05, 0.1) is 0 Å². The molecule has 5 rings (SSSR count). The SMILES string of the molecule is C=C(CCCCC)c1cc(C(/C=C\c2ccccc2)=C/C=C/N/C=C(\C=C/C)c2ccccc2C(C)(C)C)ccc1NC1=CC=C(c2ccccc2)CC1. The summed E-state index contributed by atoms with van der Waals surface area (Å²) in [6.45, 7) is 15.7. The molecule has 0 fully saturated rings. The lowest BCUT2D eigenvalue weighted by atomic mass is 9.82. The number of hydrogen-bond acceptors (Lipinski definition) is 2. The van der Waals surface area contributed by atoms with Crippen molar-refractivity contribution in [2.75, 3.05) is 5.32 Å². The Hall–Kier alpha value is -5.60. The molecule has 0 aromatic heterocycles. The van der Waals surface area contributed by atoms with Crippen molar-refractivity contribution in [1.82, 2.24) is 5.32 Å². The summed E-state index contributed by atoms with van der Waals surface area (Å²) in [4.78, 5) is 0. The molecule has 1 aliphatic rings. The van der Waals surface area contributed by atoms with Gasteiger partial charge in [0.1, 0.15) is 0 Å². The van der Waals surface area contributed by atoms with Crippen LogP contribution in [0.5, 0.6) is 0 Å². The molecule has 2 N–H and O–H groups in total. The molecular weight excluding hydrogens is 653 g/mol. The van der Waals surface area contributed by atoms with E-state index in [1.54, 1.807) is 0 Å². The maximum atomic E-state index is 4.62. The van der Waals surface area contributed by atoms with Crippen molar-refractivity contribution >= 4 is 34.1 Å². The average Bonchev–Trinajstić information content (AvgIpc) is 3.19. The van der Waals surface area contributed by atoms with Crippen LogP contribution in [0.1, 0.15) is 107 Å². The summed E-state index contributed by atoms with van der Waals surface area (Å²) in [5.41, 5.74) is 14.6. The predicted octanol–water partition coefficient (Wildman–Crippen LogP) is 14.6. The smallest absolute Gasteiger partial charge is 0.0458 e. The lowest BCUT2D eigenvalue weighted by Gasteiger charge is -2.23. The molecule has 54 heavy (non-hydrogen) atoms. The van der Waals surface area contributed by atoms with Gasteiger partial charge >= 0.3 is 0 Å². The Kier molecular flexibility index (Phi) is 14.7. The zero-order chi connectivity index (χ0) is 38.2. The highest BCUT2D eigenvalue weighted by Gasteiger charge is 2.18. The molecule has 0 aliphatic heterocycles. The summed E-state index contributed by atoms with van der Waals surface area (Å²) in [6.07, 6.45) is 28.0. The molecule has 0 saturated heterocycles. The molecule has 0 amide bonds. The number of anilines is 1. The molecule has 0 radical (unpaired) electrons. The summed E-state index contributed by atoms with van der Waals surface area (Å²) in [5, 5.41) is 7.26. The number of nitrogens with one attached hydrogen (secondary N) is 2. The van der Waals surface area contributed by atoms with Gasteiger partial charge in [0, 0.05) is 29.3 Å². The first-order valence-corrected chi connectivity index (χ1v) is 19.6. The van der Waals surface area contributed by atoms with Crippen molar-refractivity contribution in [3.8, 4) is 0 Å². The van der Waals surface area contributed by atoms with Crippen molar-refractivity contribution in [3.05, 3.63) is 204 Å². The van der Waals surface area contributed by atoms with Gasteiger partial charge in [-0.3, -0.25) is 0 Å². The Morgan fingerprint density at radius 1 is 0.778 bits per heavy atom. The number of hydrogen-bond donors (Lipinski definition) is 2. The Morgan fingerprint density at radius 3 is 2.22 bits per heavy atom. The van der Waals surface area contributed by atoms with Gasteiger partial charge in [-0.15, -0.1) is 0 Å². The monoisotopic (exact) mass is 710 g/mol.